The number of rotatable bonds is 13. The van der Waals surface area contributed by atoms with Gasteiger partial charge in [0.15, 0.2) is 0 Å². The Hall–Kier alpha value is -0.0231. The molecule has 19 heavy (non-hydrogen) atoms. The summed E-state index contributed by atoms with van der Waals surface area (Å²) in [4.78, 5) is 0. The molecule has 0 aliphatic carbocycles. The summed E-state index contributed by atoms with van der Waals surface area (Å²) >= 11 is 0. The Morgan fingerprint density at radius 3 is 2.11 bits per heavy atom. The van der Waals surface area contributed by atoms with Crippen LogP contribution in [0.25, 0.3) is 0 Å². The largest absolute Gasteiger partial charge is 0.500 e. The van der Waals surface area contributed by atoms with Gasteiger partial charge in [-0.2, -0.15) is 0 Å². The fourth-order valence-corrected chi connectivity index (χ4v) is 3.38. The van der Waals surface area contributed by atoms with Crippen molar-refractivity contribution < 1.29 is 27.5 Å². The quantitative estimate of drug-likeness (QED) is 0.288. The van der Waals surface area contributed by atoms with E-state index in [1.54, 1.807) is 21.3 Å². The zero-order valence-electron chi connectivity index (χ0n) is 12.2. The Labute approximate surface area is 116 Å². The molecule has 114 valence electrons. The second-order valence-electron chi connectivity index (χ2n) is 4.40. The van der Waals surface area contributed by atoms with Gasteiger partial charge in [0.2, 0.25) is 0 Å². The molecule has 0 N–H and O–H groups in total. The molecule has 6 nitrogen and oxygen atoms in total. The van der Waals surface area contributed by atoms with Crippen LogP contribution in [0.5, 0.6) is 0 Å². The van der Waals surface area contributed by atoms with Crippen molar-refractivity contribution in [3.8, 4) is 0 Å². The highest BCUT2D eigenvalue weighted by Crippen LogP contribution is 2.14. The Bertz CT molecular complexity index is 212. The van der Waals surface area contributed by atoms with E-state index in [4.69, 9.17) is 27.5 Å². The van der Waals surface area contributed by atoms with Crippen molar-refractivity contribution in [1.82, 2.24) is 0 Å². The van der Waals surface area contributed by atoms with Crippen LogP contribution in [0, 0.1) is 0 Å². The molecule has 0 aromatic rings. The molecule has 1 rings (SSSR count). The third-order valence-corrected chi connectivity index (χ3v) is 5.82. The zero-order valence-corrected chi connectivity index (χ0v) is 13.2. The summed E-state index contributed by atoms with van der Waals surface area (Å²) < 4.78 is 32.0. The number of hydrogen-bond donors (Lipinski definition) is 0. The molecule has 1 heterocycles. The van der Waals surface area contributed by atoms with E-state index in [2.05, 4.69) is 0 Å². The summed E-state index contributed by atoms with van der Waals surface area (Å²) in [5.41, 5.74) is 0. The molecule has 0 bridgehead atoms. The highest BCUT2D eigenvalue weighted by molar-refractivity contribution is 6.60. The maximum Gasteiger partial charge on any atom is 0.500 e. The predicted molar refractivity (Wildman–Crippen MR) is 72.2 cm³/mol. The lowest BCUT2D eigenvalue weighted by Gasteiger charge is -2.24. The maximum absolute atomic E-state index is 5.53. The molecule has 1 saturated heterocycles. The lowest BCUT2D eigenvalue weighted by Crippen LogP contribution is -2.42. The molecule has 7 heteroatoms. The van der Waals surface area contributed by atoms with Gasteiger partial charge in [0.25, 0.3) is 0 Å². The van der Waals surface area contributed by atoms with E-state index in [9.17, 15) is 0 Å². The van der Waals surface area contributed by atoms with Crippen molar-refractivity contribution >= 4 is 8.80 Å². The topological polar surface area (TPSA) is 58.7 Å². The van der Waals surface area contributed by atoms with Crippen molar-refractivity contribution in [2.24, 2.45) is 0 Å². The van der Waals surface area contributed by atoms with Gasteiger partial charge in [0, 0.05) is 47.2 Å². The molecule has 1 unspecified atom stereocenters. The molecule has 1 aliphatic heterocycles. The van der Waals surface area contributed by atoms with Gasteiger partial charge >= 0.3 is 8.80 Å². The first-order valence-corrected chi connectivity index (χ1v) is 8.62. The van der Waals surface area contributed by atoms with E-state index >= 15 is 0 Å². The van der Waals surface area contributed by atoms with Crippen LogP contribution in [0.4, 0.5) is 0 Å². The van der Waals surface area contributed by atoms with E-state index in [-0.39, 0.29) is 0 Å². The molecule has 1 atom stereocenters. The minimum atomic E-state index is -2.42. The highest BCUT2D eigenvalue weighted by Gasteiger charge is 2.36. The number of epoxide rings is 1. The minimum absolute atomic E-state index is 0.344. The van der Waals surface area contributed by atoms with Crippen LogP contribution in [-0.2, 0) is 27.5 Å². The fraction of sp³-hybridized carbons (Fsp3) is 1.00. The van der Waals surface area contributed by atoms with E-state index in [1.807, 2.05) is 0 Å². The Balaban J connectivity index is 1.86. The molecule has 0 radical (unpaired) electrons. The van der Waals surface area contributed by atoms with Crippen molar-refractivity contribution in [3.05, 3.63) is 0 Å². The molecule has 0 aromatic heterocycles. The smallest absolute Gasteiger partial charge is 0.381 e. The van der Waals surface area contributed by atoms with Crippen molar-refractivity contribution in [3.63, 3.8) is 0 Å². The van der Waals surface area contributed by atoms with Crippen LogP contribution < -0.4 is 0 Å². The van der Waals surface area contributed by atoms with Crippen molar-refractivity contribution in [2.75, 3.05) is 54.4 Å². The maximum atomic E-state index is 5.53. The van der Waals surface area contributed by atoms with Crippen LogP contribution in [0.15, 0.2) is 0 Å². The molecule has 0 aromatic carbocycles. The van der Waals surface area contributed by atoms with Gasteiger partial charge < -0.3 is 27.5 Å². The molecule has 0 spiro atoms. The van der Waals surface area contributed by atoms with E-state index < -0.39 is 8.80 Å². The third kappa shape index (κ3) is 7.36. The first-order chi connectivity index (χ1) is 9.26. The number of ether oxygens (including phenoxy) is 3. The molecular formula is C12H26O6Si. The van der Waals surface area contributed by atoms with Crippen LogP contribution in [-0.4, -0.2) is 69.3 Å². The Morgan fingerprint density at radius 2 is 1.53 bits per heavy atom. The van der Waals surface area contributed by atoms with E-state index in [1.165, 1.54) is 0 Å². The second-order valence-corrected chi connectivity index (χ2v) is 7.49. The van der Waals surface area contributed by atoms with Crippen molar-refractivity contribution in [2.45, 2.75) is 25.0 Å². The average molecular weight is 294 g/mol. The molecule has 1 aliphatic rings. The number of hydrogen-bond acceptors (Lipinski definition) is 6. The van der Waals surface area contributed by atoms with Gasteiger partial charge in [-0.05, 0) is 12.8 Å². The summed E-state index contributed by atoms with van der Waals surface area (Å²) in [5, 5.41) is 0. The first kappa shape index (κ1) is 17.0. The fourth-order valence-electron chi connectivity index (χ4n) is 1.69. The van der Waals surface area contributed by atoms with Crippen molar-refractivity contribution in [1.29, 1.82) is 0 Å². The van der Waals surface area contributed by atoms with Gasteiger partial charge in [0.1, 0.15) is 6.10 Å². The van der Waals surface area contributed by atoms with Gasteiger partial charge in [0.05, 0.1) is 13.2 Å². The SMILES string of the molecule is CO[Si](CCCOCCCOCC1CO1)(OC)OC. The van der Waals surface area contributed by atoms with Gasteiger partial charge in [-0.1, -0.05) is 0 Å². The summed E-state index contributed by atoms with van der Waals surface area (Å²) in [6.07, 6.45) is 2.13. The zero-order chi connectivity index (χ0) is 14.0. The van der Waals surface area contributed by atoms with Gasteiger partial charge in [-0.25, -0.2) is 0 Å². The van der Waals surface area contributed by atoms with Crippen LogP contribution in [0.3, 0.4) is 0 Å². The lowest BCUT2D eigenvalue weighted by atomic mass is 10.4. The van der Waals surface area contributed by atoms with Crippen LogP contribution in [0.2, 0.25) is 6.04 Å². The predicted octanol–water partition coefficient (Wildman–Crippen LogP) is 1.08. The molecule has 1 fully saturated rings. The normalized spacial score (nSPS) is 18.8. The monoisotopic (exact) mass is 294 g/mol. The standard InChI is InChI=1S/C12H26O6Si/c1-13-19(14-2,15-3)9-5-8-16-6-4-7-17-10-12-11-18-12/h12H,4-11H2,1-3H3. The average Bonchev–Trinajstić information content (AvgIpc) is 3.26. The highest BCUT2D eigenvalue weighted by atomic mass is 28.4. The summed E-state index contributed by atoms with van der Waals surface area (Å²) in [6, 6.07) is 0.770. The van der Waals surface area contributed by atoms with Gasteiger partial charge in [-0.3, -0.25) is 0 Å². The summed E-state index contributed by atoms with van der Waals surface area (Å²) in [5.74, 6) is 0. The second kappa shape index (κ2) is 9.81. The molecule has 0 amide bonds. The van der Waals surface area contributed by atoms with E-state index in [0.717, 1.165) is 32.1 Å². The van der Waals surface area contributed by atoms with Gasteiger partial charge in [-0.15, -0.1) is 0 Å². The molecular weight excluding hydrogens is 268 g/mol. The minimum Gasteiger partial charge on any atom is -0.381 e. The summed E-state index contributed by atoms with van der Waals surface area (Å²) in [7, 11) is 2.46. The molecule has 0 saturated carbocycles. The van der Waals surface area contributed by atoms with Crippen LogP contribution in [0.1, 0.15) is 12.8 Å². The third-order valence-electron chi connectivity index (χ3n) is 2.99. The Kier molecular flexibility index (Phi) is 8.80. The summed E-state index contributed by atoms with van der Waals surface area (Å²) in [6.45, 7) is 3.70. The lowest BCUT2D eigenvalue weighted by molar-refractivity contribution is 0.0726. The Morgan fingerprint density at radius 1 is 0.947 bits per heavy atom. The van der Waals surface area contributed by atoms with Crippen LogP contribution >= 0.6 is 0 Å². The first-order valence-electron chi connectivity index (χ1n) is 6.69. The van der Waals surface area contributed by atoms with E-state index in [0.29, 0.717) is 25.9 Å².